The Hall–Kier alpha value is -4.06. The molecule has 1 aliphatic carbocycles. The van der Waals surface area contributed by atoms with Crippen molar-refractivity contribution in [3.63, 3.8) is 0 Å². The van der Waals surface area contributed by atoms with Crippen molar-refractivity contribution in [2.45, 2.75) is 76.8 Å². The number of hydrogen-bond donors (Lipinski definition) is 0. The van der Waals surface area contributed by atoms with E-state index in [9.17, 15) is 22.8 Å². The third kappa shape index (κ3) is 5.75. The van der Waals surface area contributed by atoms with Gasteiger partial charge in [-0.2, -0.15) is 13.2 Å². The number of halogens is 4. The predicted octanol–water partition coefficient (Wildman–Crippen LogP) is 6.53. The Morgan fingerprint density at radius 2 is 1.80 bits per heavy atom. The van der Waals surface area contributed by atoms with Gasteiger partial charge < -0.3 is 14.4 Å². The Balaban J connectivity index is 1.22. The van der Waals surface area contributed by atoms with Gasteiger partial charge in [-0.05, 0) is 105 Å². The van der Waals surface area contributed by atoms with Crippen molar-refractivity contribution in [1.29, 1.82) is 0 Å². The van der Waals surface area contributed by atoms with Crippen LogP contribution in [0, 0.1) is 11.3 Å². The molecule has 0 bridgehead atoms. The van der Waals surface area contributed by atoms with Crippen molar-refractivity contribution in [2.75, 3.05) is 31.1 Å². The van der Waals surface area contributed by atoms with E-state index in [4.69, 9.17) is 0 Å². The van der Waals surface area contributed by atoms with Crippen LogP contribution in [0.3, 0.4) is 0 Å². The molecule has 2 amide bonds. The number of nitrogens with zero attached hydrogens (tertiary/aromatic N) is 6. The number of alkyl halides is 4. The van der Waals surface area contributed by atoms with Gasteiger partial charge >= 0.3 is 6.18 Å². The van der Waals surface area contributed by atoms with Crippen LogP contribution in [0.2, 0.25) is 0 Å². The van der Waals surface area contributed by atoms with Crippen molar-refractivity contribution in [2.24, 2.45) is 18.4 Å². The Kier molecular flexibility index (Phi) is 7.85. The molecular formula is C37H42F4N6O2. The minimum absolute atomic E-state index is 0.0223. The summed E-state index contributed by atoms with van der Waals surface area (Å²) in [6, 6.07) is 7.97. The van der Waals surface area contributed by atoms with Crippen LogP contribution in [-0.4, -0.2) is 62.6 Å². The fourth-order valence-corrected chi connectivity index (χ4v) is 8.81. The average Bonchev–Trinajstić information content (AvgIpc) is 3.81. The molecule has 4 aliphatic rings. The molecule has 1 spiro atoms. The van der Waals surface area contributed by atoms with Crippen LogP contribution in [0.5, 0.6) is 0 Å². The SMILES string of the molecule is C=CC(=O)N1CC[C@]2(CCN(Cc3cc4c(c(C(F)(F)F)c3)CN(c3cc(C(C)(C)F)cc(C5(c6nncn6C)CC(C)C5)c3)C4=O)C2)C1. The molecule has 260 valence electrons. The smallest absolute Gasteiger partial charge is 0.339 e. The summed E-state index contributed by atoms with van der Waals surface area (Å²) in [4.78, 5) is 31.6. The van der Waals surface area contributed by atoms with Crippen LogP contribution in [0.1, 0.15) is 90.5 Å². The lowest BCUT2D eigenvalue weighted by atomic mass is 9.58. The minimum atomic E-state index is -4.68. The van der Waals surface area contributed by atoms with Gasteiger partial charge in [-0.25, -0.2) is 4.39 Å². The third-order valence-corrected chi connectivity index (χ3v) is 11.3. The number of carbonyl (C=O) groups excluding carboxylic acids is 2. The summed E-state index contributed by atoms with van der Waals surface area (Å²) in [6.07, 6.45) is 1.42. The first-order valence-electron chi connectivity index (χ1n) is 16.9. The van der Waals surface area contributed by atoms with Crippen LogP contribution in [0.15, 0.2) is 49.3 Å². The van der Waals surface area contributed by atoms with Crippen molar-refractivity contribution < 1.29 is 27.2 Å². The number of rotatable bonds is 7. The molecule has 1 saturated carbocycles. The second-order valence-electron chi connectivity index (χ2n) is 15.3. The van der Waals surface area contributed by atoms with Crippen molar-refractivity contribution in [1.82, 2.24) is 24.6 Å². The number of fused-ring (bicyclic) bond motifs is 1. The van der Waals surface area contributed by atoms with Gasteiger partial charge in [0.05, 0.1) is 17.5 Å². The van der Waals surface area contributed by atoms with Gasteiger partial charge in [-0.3, -0.25) is 14.5 Å². The molecule has 49 heavy (non-hydrogen) atoms. The summed E-state index contributed by atoms with van der Waals surface area (Å²) in [5, 5.41) is 8.49. The number of anilines is 1. The molecule has 1 atom stereocenters. The first-order chi connectivity index (χ1) is 23.0. The summed E-state index contributed by atoms with van der Waals surface area (Å²) in [6.45, 7) is 11.2. The van der Waals surface area contributed by atoms with Gasteiger partial charge in [-0.1, -0.05) is 19.6 Å². The van der Waals surface area contributed by atoms with E-state index in [1.54, 1.807) is 29.4 Å². The standard InChI is InChI=1S/C37H42F4N6O2/c1-6-31(48)46-10-8-35(21-46)7-9-45(20-35)18-24-11-28-29(30(12-24)37(39,40)41)19-47(32(28)49)27-14-25(34(3,4)38)13-26(15-27)36(16-23(2)17-36)33-43-42-22-44(33)5/h6,11-15,22-23H,1,7-10,16-21H2,2-5H3/t23?,35-,36?/m0/s1. The summed E-state index contributed by atoms with van der Waals surface area (Å²) in [5.74, 6) is 0.460. The number of carbonyl (C=O) groups is 2. The highest BCUT2D eigenvalue weighted by molar-refractivity contribution is 6.10. The summed E-state index contributed by atoms with van der Waals surface area (Å²) in [5.41, 5.74) is -1.42. The Labute approximate surface area is 283 Å². The summed E-state index contributed by atoms with van der Waals surface area (Å²) >= 11 is 0. The first kappa shape index (κ1) is 33.4. The predicted molar refractivity (Wildman–Crippen MR) is 176 cm³/mol. The van der Waals surface area contributed by atoms with E-state index in [0.717, 1.165) is 37.1 Å². The lowest BCUT2D eigenvalue weighted by Crippen LogP contribution is -2.43. The van der Waals surface area contributed by atoms with Crippen LogP contribution < -0.4 is 4.90 Å². The highest BCUT2D eigenvalue weighted by Gasteiger charge is 2.50. The molecule has 0 radical (unpaired) electrons. The van der Waals surface area contributed by atoms with Crippen LogP contribution in [0.25, 0.3) is 0 Å². The highest BCUT2D eigenvalue weighted by Crippen LogP contribution is 2.53. The van der Waals surface area contributed by atoms with E-state index >= 15 is 4.39 Å². The van der Waals surface area contributed by atoms with E-state index in [-0.39, 0.29) is 35.5 Å². The van der Waals surface area contributed by atoms with Crippen molar-refractivity contribution in [3.05, 3.63) is 88.5 Å². The molecule has 1 aromatic heterocycles. The highest BCUT2D eigenvalue weighted by atomic mass is 19.4. The van der Waals surface area contributed by atoms with E-state index in [2.05, 4.69) is 28.6 Å². The Bertz CT molecular complexity index is 1840. The van der Waals surface area contributed by atoms with E-state index < -0.39 is 28.7 Å². The third-order valence-electron chi connectivity index (χ3n) is 11.3. The monoisotopic (exact) mass is 678 g/mol. The average molecular weight is 679 g/mol. The van der Waals surface area contributed by atoms with Crippen molar-refractivity contribution in [3.8, 4) is 0 Å². The maximum Gasteiger partial charge on any atom is 0.416 e. The summed E-state index contributed by atoms with van der Waals surface area (Å²) in [7, 11) is 1.86. The zero-order chi connectivity index (χ0) is 35.1. The topological polar surface area (TPSA) is 74.6 Å². The maximum atomic E-state index is 15.7. The normalized spacial score (nSPS) is 25.7. The number of likely N-dealkylation sites (tertiary alicyclic amines) is 2. The molecule has 0 unspecified atom stereocenters. The van der Waals surface area contributed by atoms with E-state index in [1.807, 2.05) is 17.7 Å². The van der Waals surface area contributed by atoms with Crippen molar-refractivity contribution >= 4 is 17.5 Å². The molecule has 3 fully saturated rings. The zero-order valence-corrected chi connectivity index (χ0v) is 28.4. The van der Waals surface area contributed by atoms with Gasteiger partial charge in [0.1, 0.15) is 17.8 Å². The molecule has 7 rings (SSSR count). The van der Waals surface area contributed by atoms with Gasteiger partial charge in [0, 0.05) is 49.9 Å². The van der Waals surface area contributed by atoms with E-state index in [1.165, 1.54) is 30.9 Å². The Morgan fingerprint density at radius 3 is 2.43 bits per heavy atom. The van der Waals surface area contributed by atoms with Gasteiger partial charge in [0.2, 0.25) is 5.91 Å². The fourth-order valence-electron chi connectivity index (χ4n) is 8.81. The number of hydrogen-bond acceptors (Lipinski definition) is 5. The second-order valence-corrected chi connectivity index (χ2v) is 15.3. The number of aromatic nitrogens is 3. The quantitative estimate of drug-likeness (QED) is 0.210. The molecule has 12 heteroatoms. The first-order valence-corrected chi connectivity index (χ1v) is 16.9. The van der Waals surface area contributed by atoms with E-state index in [0.29, 0.717) is 48.9 Å². The molecule has 3 aliphatic heterocycles. The molecule has 2 aromatic carbocycles. The number of amides is 2. The zero-order valence-electron chi connectivity index (χ0n) is 28.4. The Morgan fingerprint density at radius 1 is 1.06 bits per heavy atom. The largest absolute Gasteiger partial charge is 0.416 e. The van der Waals surface area contributed by atoms with Gasteiger partial charge in [0.15, 0.2) is 0 Å². The fraction of sp³-hybridized carbons (Fsp3) is 0.514. The lowest BCUT2D eigenvalue weighted by Gasteiger charge is -2.46. The molecular weight excluding hydrogens is 636 g/mol. The minimum Gasteiger partial charge on any atom is -0.339 e. The molecule has 3 aromatic rings. The number of aryl methyl sites for hydroxylation is 1. The molecule has 4 heterocycles. The van der Waals surface area contributed by atoms with Crippen LogP contribution in [0.4, 0.5) is 23.2 Å². The second kappa shape index (κ2) is 11.5. The number of benzene rings is 2. The molecule has 8 nitrogen and oxygen atoms in total. The summed E-state index contributed by atoms with van der Waals surface area (Å²) < 4.78 is 61.5. The molecule has 0 N–H and O–H groups in total. The lowest BCUT2D eigenvalue weighted by molar-refractivity contribution is -0.138. The van der Waals surface area contributed by atoms with Crippen LogP contribution >= 0.6 is 0 Å². The van der Waals surface area contributed by atoms with Gasteiger partial charge in [0.25, 0.3) is 5.91 Å². The van der Waals surface area contributed by atoms with Gasteiger partial charge in [-0.15, -0.1) is 10.2 Å². The molecule has 2 saturated heterocycles. The maximum absolute atomic E-state index is 15.7. The van der Waals surface area contributed by atoms with Crippen LogP contribution in [-0.2, 0) is 42.2 Å².